The van der Waals surface area contributed by atoms with E-state index in [1.54, 1.807) is 0 Å². The van der Waals surface area contributed by atoms with Crippen molar-refractivity contribution < 1.29 is 4.79 Å². The fourth-order valence-corrected chi connectivity index (χ4v) is 3.53. The first-order valence-electron chi connectivity index (χ1n) is 8.18. The van der Waals surface area contributed by atoms with Crippen molar-refractivity contribution in [2.24, 2.45) is 5.41 Å². The molecular formula is C16H30N2O. The zero-order chi connectivity index (χ0) is 13.7. The highest BCUT2D eigenvalue weighted by molar-refractivity contribution is 5.82. The average Bonchev–Trinajstić information content (AvgIpc) is 2.86. The van der Waals surface area contributed by atoms with Crippen molar-refractivity contribution in [2.75, 3.05) is 6.54 Å². The van der Waals surface area contributed by atoms with Crippen LogP contribution in [0.5, 0.6) is 0 Å². The molecule has 3 heteroatoms. The molecule has 0 unspecified atom stereocenters. The molecule has 2 aliphatic rings. The van der Waals surface area contributed by atoms with E-state index in [0.29, 0.717) is 18.0 Å². The molecule has 2 saturated carbocycles. The van der Waals surface area contributed by atoms with Gasteiger partial charge in [-0.25, -0.2) is 0 Å². The first-order valence-corrected chi connectivity index (χ1v) is 8.18. The van der Waals surface area contributed by atoms with Crippen LogP contribution in [0.1, 0.15) is 71.6 Å². The van der Waals surface area contributed by atoms with Gasteiger partial charge in [0.1, 0.15) is 0 Å². The van der Waals surface area contributed by atoms with Crippen molar-refractivity contribution in [1.82, 2.24) is 10.6 Å². The molecule has 0 heterocycles. The zero-order valence-corrected chi connectivity index (χ0v) is 12.6. The highest BCUT2D eigenvalue weighted by atomic mass is 16.2. The number of rotatable bonds is 5. The fraction of sp³-hybridized carbons (Fsp3) is 0.938. The van der Waals surface area contributed by atoms with Gasteiger partial charge in [-0.05, 0) is 51.5 Å². The summed E-state index contributed by atoms with van der Waals surface area (Å²) < 4.78 is 0. The summed E-state index contributed by atoms with van der Waals surface area (Å²) in [5.41, 5.74) is -0.0721. The third kappa shape index (κ3) is 3.95. The summed E-state index contributed by atoms with van der Waals surface area (Å²) in [5.74, 6) is 0.315. The minimum atomic E-state index is -0.0721. The highest BCUT2D eigenvalue weighted by Crippen LogP contribution is 2.38. The van der Waals surface area contributed by atoms with E-state index < -0.39 is 0 Å². The molecule has 2 rings (SSSR count). The molecule has 0 aromatic carbocycles. The first-order chi connectivity index (χ1) is 9.14. The lowest BCUT2D eigenvalue weighted by atomic mass is 9.85. The van der Waals surface area contributed by atoms with Crippen LogP contribution in [0.25, 0.3) is 0 Å². The van der Waals surface area contributed by atoms with Gasteiger partial charge in [-0.15, -0.1) is 0 Å². The predicted molar refractivity (Wildman–Crippen MR) is 79.1 cm³/mol. The van der Waals surface area contributed by atoms with E-state index in [4.69, 9.17) is 0 Å². The van der Waals surface area contributed by atoms with E-state index in [1.807, 2.05) is 0 Å². The quantitative estimate of drug-likeness (QED) is 0.803. The second-order valence-corrected chi connectivity index (χ2v) is 6.74. The van der Waals surface area contributed by atoms with Gasteiger partial charge >= 0.3 is 0 Å². The van der Waals surface area contributed by atoms with Gasteiger partial charge in [0.05, 0.1) is 0 Å². The van der Waals surface area contributed by atoms with Crippen LogP contribution in [0.3, 0.4) is 0 Å². The summed E-state index contributed by atoms with van der Waals surface area (Å²) in [5, 5.41) is 6.91. The Kier molecular flexibility index (Phi) is 5.26. The minimum absolute atomic E-state index is 0.0721. The third-order valence-corrected chi connectivity index (χ3v) is 5.00. The standard InChI is InChI=1S/C16H30N2O/c1-3-12-17-13-6-8-14(9-7-13)18-15(19)16(2)10-4-5-11-16/h13-14,17H,3-12H2,1-2H3,(H,18,19). The first kappa shape index (κ1) is 14.8. The second kappa shape index (κ2) is 6.74. The van der Waals surface area contributed by atoms with Crippen LogP contribution in [0.4, 0.5) is 0 Å². The number of amides is 1. The van der Waals surface area contributed by atoms with Gasteiger partial charge in [-0.3, -0.25) is 4.79 Å². The maximum Gasteiger partial charge on any atom is 0.226 e. The maximum atomic E-state index is 12.4. The lowest BCUT2D eigenvalue weighted by Crippen LogP contribution is -2.46. The normalized spacial score (nSPS) is 30.2. The van der Waals surface area contributed by atoms with Gasteiger partial charge in [-0.2, -0.15) is 0 Å². The average molecular weight is 266 g/mol. The largest absolute Gasteiger partial charge is 0.353 e. The molecule has 19 heavy (non-hydrogen) atoms. The van der Waals surface area contributed by atoms with E-state index in [0.717, 1.165) is 32.2 Å². The molecule has 0 atom stereocenters. The highest BCUT2D eigenvalue weighted by Gasteiger charge is 2.37. The molecule has 0 aromatic heterocycles. The van der Waals surface area contributed by atoms with Crippen LogP contribution >= 0.6 is 0 Å². The molecule has 0 radical (unpaired) electrons. The van der Waals surface area contributed by atoms with Crippen molar-refractivity contribution >= 4 is 5.91 Å². The van der Waals surface area contributed by atoms with Crippen molar-refractivity contribution in [3.05, 3.63) is 0 Å². The summed E-state index contributed by atoms with van der Waals surface area (Å²) in [6.45, 7) is 5.48. The van der Waals surface area contributed by atoms with Gasteiger partial charge in [0, 0.05) is 17.5 Å². The molecule has 0 saturated heterocycles. The van der Waals surface area contributed by atoms with Gasteiger partial charge in [0.2, 0.25) is 5.91 Å². The summed E-state index contributed by atoms with van der Waals surface area (Å²) >= 11 is 0. The van der Waals surface area contributed by atoms with Gasteiger partial charge < -0.3 is 10.6 Å². The van der Waals surface area contributed by atoms with Gasteiger partial charge in [0.25, 0.3) is 0 Å². The molecule has 2 aliphatic carbocycles. The topological polar surface area (TPSA) is 41.1 Å². The number of carbonyl (C=O) groups excluding carboxylic acids is 1. The predicted octanol–water partition coefficient (Wildman–Crippen LogP) is 2.99. The second-order valence-electron chi connectivity index (χ2n) is 6.74. The van der Waals surface area contributed by atoms with Crippen LogP contribution in [0, 0.1) is 5.41 Å². The number of carbonyl (C=O) groups is 1. The van der Waals surface area contributed by atoms with Crippen LogP contribution in [0.15, 0.2) is 0 Å². The molecule has 2 fully saturated rings. The number of nitrogens with one attached hydrogen (secondary N) is 2. The van der Waals surface area contributed by atoms with Crippen molar-refractivity contribution in [3.8, 4) is 0 Å². The lowest BCUT2D eigenvalue weighted by Gasteiger charge is -2.32. The smallest absolute Gasteiger partial charge is 0.226 e. The van der Waals surface area contributed by atoms with Crippen LogP contribution in [-0.4, -0.2) is 24.5 Å². The lowest BCUT2D eigenvalue weighted by molar-refractivity contribution is -0.130. The van der Waals surface area contributed by atoms with E-state index in [-0.39, 0.29) is 5.41 Å². The minimum Gasteiger partial charge on any atom is -0.353 e. The van der Waals surface area contributed by atoms with Crippen LogP contribution < -0.4 is 10.6 Å². The number of hydrogen-bond acceptors (Lipinski definition) is 2. The molecule has 1 amide bonds. The fourth-order valence-electron chi connectivity index (χ4n) is 3.53. The van der Waals surface area contributed by atoms with Crippen molar-refractivity contribution in [3.63, 3.8) is 0 Å². The molecule has 0 aromatic rings. The monoisotopic (exact) mass is 266 g/mol. The summed E-state index contributed by atoms with van der Waals surface area (Å²) in [4.78, 5) is 12.4. The molecule has 0 aliphatic heterocycles. The molecule has 110 valence electrons. The summed E-state index contributed by atoms with van der Waals surface area (Å²) in [6.07, 6.45) is 10.5. The molecule has 3 nitrogen and oxygen atoms in total. The summed E-state index contributed by atoms with van der Waals surface area (Å²) in [7, 11) is 0. The van der Waals surface area contributed by atoms with Gasteiger partial charge in [-0.1, -0.05) is 26.7 Å². The Morgan fingerprint density at radius 3 is 2.26 bits per heavy atom. The SMILES string of the molecule is CCCNC1CCC(NC(=O)C2(C)CCCC2)CC1. The summed E-state index contributed by atoms with van der Waals surface area (Å²) in [6, 6.07) is 1.10. The molecular weight excluding hydrogens is 236 g/mol. The van der Waals surface area contributed by atoms with Crippen LogP contribution in [0.2, 0.25) is 0 Å². The molecule has 0 bridgehead atoms. The molecule has 0 spiro atoms. The van der Waals surface area contributed by atoms with E-state index in [1.165, 1.54) is 32.1 Å². The third-order valence-electron chi connectivity index (χ3n) is 5.00. The van der Waals surface area contributed by atoms with Gasteiger partial charge in [0.15, 0.2) is 0 Å². The number of hydrogen-bond donors (Lipinski definition) is 2. The van der Waals surface area contributed by atoms with E-state index >= 15 is 0 Å². The Balaban J connectivity index is 1.72. The Morgan fingerprint density at radius 1 is 1.11 bits per heavy atom. The van der Waals surface area contributed by atoms with E-state index in [9.17, 15) is 4.79 Å². The Hall–Kier alpha value is -0.570. The van der Waals surface area contributed by atoms with E-state index in [2.05, 4.69) is 24.5 Å². The maximum absolute atomic E-state index is 12.4. The molecule has 2 N–H and O–H groups in total. The van der Waals surface area contributed by atoms with Crippen molar-refractivity contribution in [2.45, 2.75) is 83.7 Å². The van der Waals surface area contributed by atoms with Crippen molar-refractivity contribution in [1.29, 1.82) is 0 Å². The Morgan fingerprint density at radius 2 is 1.68 bits per heavy atom. The zero-order valence-electron chi connectivity index (χ0n) is 12.6. The Bertz CT molecular complexity index is 289. The Labute approximate surface area is 117 Å². The van der Waals surface area contributed by atoms with Crippen LogP contribution in [-0.2, 0) is 4.79 Å².